The van der Waals surface area contributed by atoms with E-state index < -0.39 is 0 Å². The summed E-state index contributed by atoms with van der Waals surface area (Å²) in [5.74, 6) is 2.20. The third kappa shape index (κ3) is 3.93. The van der Waals surface area contributed by atoms with Gasteiger partial charge in [0.25, 0.3) is 0 Å². The summed E-state index contributed by atoms with van der Waals surface area (Å²) < 4.78 is 7.59. The third-order valence-corrected chi connectivity index (χ3v) is 4.90. The average Bonchev–Trinajstić information content (AvgIpc) is 3.01. The van der Waals surface area contributed by atoms with Crippen molar-refractivity contribution in [1.82, 2.24) is 29.5 Å². The van der Waals surface area contributed by atoms with E-state index in [2.05, 4.69) is 24.6 Å². The van der Waals surface area contributed by atoms with E-state index in [1.807, 2.05) is 18.7 Å². The molecule has 0 spiro atoms. The molecular formula is C16H28N6O2. The Hall–Kier alpha value is -1.51. The molecule has 3 heterocycles. The Morgan fingerprint density at radius 3 is 2.50 bits per heavy atom. The van der Waals surface area contributed by atoms with Gasteiger partial charge in [-0.05, 0) is 13.8 Å². The lowest BCUT2D eigenvalue weighted by atomic mass is 10.3. The fourth-order valence-electron chi connectivity index (χ4n) is 3.35. The first-order valence-electron chi connectivity index (χ1n) is 8.92. The van der Waals surface area contributed by atoms with Crippen molar-refractivity contribution in [2.75, 3.05) is 52.4 Å². The molecule has 0 radical (unpaired) electrons. The van der Waals surface area contributed by atoms with Crippen LogP contribution in [0.3, 0.4) is 0 Å². The summed E-state index contributed by atoms with van der Waals surface area (Å²) in [4.78, 5) is 18.8. The lowest BCUT2D eigenvalue weighted by Gasteiger charge is -2.35. The lowest BCUT2D eigenvalue weighted by molar-refractivity contribution is -0.132. The molecule has 0 N–H and O–H groups in total. The lowest BCUT2D eigenvalue weighted by Crippen LogP contribution is -2.49. The normalized spacial score (nSPS) is 19.2. The van der Waals surface area contributed by atoms with E-state index >= 15 is 0 Å². The van der Waals surface area contributed by atoms with Crippen LogP contribution in [-0.2, 0) is 29.2 Å². The number of hydrogen-bond acceptors (Lipinski definition) is 6. The molecule has 24 heavy (non-hydrogen) atoms. The Kier molecular flexibility index (Phi) is 5.80. The molecule has 0 atom stereocenters. The molecule has 2 aliphatic rings. The first kappa shape index (κ1) is 17.3. The van der Waals surface area contributed by atoms with Gasteiger partial charge in [0, 0.05) is 45.8 Å². The molecule has 1 aromatic rings. The molecule has 2 aliphatic heterocycles. The molecular weight excluding hydrogens is 308 g/mol. The van der Waals surface area contributed by atoms with Crippen LogP contribution >= 0.6 is 0 Å². The fourth-order valence-corrected chi connectivity index (χ4v) is 3.35. The van der Waals surface area contributed by atoms with Gasteiger partial charge in [0.15, 0.2) is 5.82 Å². The highest BCUT2D eigenvalue weighted by Crippen LogP contribution is 2.12. The number of hydrogen-bond donors (Lipinski definition) is 0. The summed E-state index contributed by atoms with van der Waals surface area (Å²) in [6.07, 6.45) is 0. The topological polar surface area (TPSA) is 66.7 Å². The zero-order valence-electron chi connectivity index (χ0n) is 14.8. The van der Waals surface area contributed by atoms with Gasteiger partial charge in [-0.3, -0.25) is 14.6 Å². The Morgan fingerprint density at radius 1 is 1.08 bits per heavy atom. The van der Waals surface area contributed by atoms with Crippen LogP contribution in [0.4, 0.5) is 0 Å². The minimum Gasteiger partial charge on any atom is -0.372 e. The predicted molar refractivity (Wildman–Crippen MR) is 89.3 cm³/mol. The van der Waals surface area contributed by atoms with Crippen LogP contribution in [0.15, 0.2) is 0 Å². The largest absolute Gasteiger partial charge is 0.372 e. The van der Waals surface area contributed by atoms with E-state index in [9.17, 15) is 4.79 Å². The molecule has 1 saturated heterocycles. The first-order chi connectivity index (χ1) is 11.7. The smallest absolute Gasteiger partial charge is 0.236 e. The monoisotopic (exact) mass is 336 g/mol. The SMILES string of the molecule is CCN(CC)C(=O)CN1CCN(Cc2nnc3n2CCOC3)CC1. The predicted octanol–water partition coefficient (Wildman–Crippen LogP) is -0.206. The quantitative estimate of drug-likeness (QED) is 0.716. The van der Waals surface area contributed by atoms with Gasteiger partial charge in [0.05, 0.1) is 19.7 Å². The number of carbonyl (C=O) groups excluding carboxylic acids is 1. The maximum absolute atomic E-state index is 12.2. The Balaban J connectivity index is 1.47. The van der Waals surface area contributed by atoms with Crippen molar-refractivity contribution in [3.8, 4) is 0 Å². The molecule has 8 heteroatoms. The van der Waals surface area contributed by atoms with E-state index in [0.29, 0.717) is 13.2 Å². The second-order valence-electron chi connectivity index (χ2n) is 6.36. The van der Waals surface area contributed by atoms with Crippen molar-refractivity contribution in [1.29, 1.82) is 0 Å². The summed E-state index contributed by atoms with van der Waals surface area (Å²) in [7, 11) is 0. The zero-order valence-corrected chi connectivity index (χ0v) is 14.8. The van der Waals surface area contributed by atoms with Gasteiger partial charge < -0.3 is 14.2 Å². The van der Waals surface area contributed by atoms with Crippen LogP contribution in [0.2, 0.25) is 0 Å². The van der Waals surface area contributed by atoms with Crippen molar-refractivity contribution in [2.24, 2.45) is 0 Å². The summed E-state index contributed by atoms with van der Waals surface area (Å²) in [5, 5.41) is 8.54. The molecule has 1 fully saturated rings. The first-order valence-corrected chi connectivity index (χ1v) is 8.92. The molecule has 3 rings (SSSR count). The average molecular weight is 336 g/mol. The number of rotatable bonds is 6. The van der Waals surface area contributed by atoms with Crippen molar-refractivity contribution in [3.63, 3.8) is 0 Å². The third-order valence-electron chi connectivity index (χ3n) is 4.90. The number of carbonyl (C=O) groups is 1. The van der Waals surface area contributed by atoms with Crippen molar-refractivity contribution >= 4 is 5.91 Å². The Morgan fingerprint density at radius 2 is 1.79 bits per heavy atom. The van der Waals surface area contributed by atoms with Crippen LogP contribution in [0.25, 0.3) is 0 Å². The summed E-state index contributed by atoms with van der Waals surface area (Å²) in [5.41, 5.74) is 0. The number of ether oxygens (including phenoxy) is 1. The van der Waals surface area contributed by atoms with Gasteiger partial charge in [-0.25, -0.2) is 0 Å². The minimum absolute atomic E-state index is 0.236. The zero-order chi connectivity index (χ0) is 16.9. The Labute approximate surface area is 143 Å². The highest BCUT2D eigenvalue weighted by molar-refractivity contribution is 5.78. The molecule has 0 bridgehead atoms. The molecule has 1 aromatic heterocycles. The van der Waals surface area contributed by atoms with E-state index in [1.54, 1.807) is 0 Å². The summed E-state index contributed by atoms with van der Waals surface area (Å²) >= 11 is 0. The molecule has 0 unspecified atom stereocenters. The highest BCUT2D eigenvalue weighted by atomic mass is 16.5. The highest BCUT2D eigenvalue weighted by Gasteiger charge is 2.23. The molecule has 0 aliphatic carbocycles. The van der Waals surface area contributed by atoms with Crippen LogP contribution < -0.4 is 0 Å². The van der Waals surface area contributed by atoms with E-state index in [4.69, 9.17) is 4.74 Å². The van der Waals surface area contributed by atoms with Crippen molar-refractivity contribution < 1.29 is 9.53 Å². The molecule has 1 amide bonds. The summed E-state index contributed by atoms with van der Waals surface area (Å²) in [6.45, 7) is 12.9. The van der Waals surface area contributed by atoms with Gasteiger partial charge >= 0.3 is 0 Å². The second kappa shape index (κ2) is 8.04. The standard InChI is InChI=1S/C16H28N6O2/c1-3-21(4-2)16(23)12-20-7-5-19(6-8-20)11-14-17-18-15-13-24-10-9-22(14)15/h3-13H2,1-2H3. The number of fused-ring (bicyclic) bond motifs is 1. The molecule has 0 saturated carbocycles. The van der Waals surface area contributed by atoms with Crippen molar-refractivity contribution in [2.45, 2.75) is 33.5 Å². The van der Waals surface area contributed by atoms with Gasteiger partial charge in [0.2, 0.25) is 5.91 Å². The van der Waals surface area contributed by atoms with Crippen LogP contribution in [0.5, 0.6) is 0 Å². The second-order valence-corrected chi connectivity index (χ2v) is 6.36. The molecule has 134 valence electrons. The fraction of sp³-hybridized carbons (Fsp3) is 0.812. The molecule has 8 nitrogen and oxygen atoms in total. The maximum atomic E-state index is 12.2. The van der Waals surface area contributed by atoms with Crippen LogP contribution in [-0.4, -0.2) is 87.8 Å². The van der Waals surface area contributed by atoms with Gasteiger partial charge in [-0.15, -0.1) is 10.2 Å². The van der Waals surface area contributed by atoms with Gasteiger partial charge in [0.1, 0.15) is 12.4 Å². The number of amides is 1. The minimum atomic E-state index is 0.236. The maximum Gasteiger partial charge on any atom is 0.236 e. The van der Waals surface area contributed by atoms with E-state index in [-0.39, 0.29) is 5.91 Å². The van der Waals surface area contributed by atoms with E-state index in [0.717, 1.165) is 70.6 Å². The number of nitrogens with zero attached hydrogens (tertiary/aromatic N) is 6. The van der Waals surface area contributed by atoms with Crippen LogP contribution in [0.1, 0.15) is 25.5 Å². The van der Waals surface area contributed by atoms with Gasteiger partial charge in [-0.2, -0.15) is 0 Å². The number of likely N-dealkylation sites (N-methyl/N-ethyl adjacent to an activating group) is 1. The molecule has 0 aromatic carbocycles. The van der Waals surface area contributed by atoms with Gasteiger partial charge in [-0.1, -0.05) is 0 Å². The van der Waals surface area contributed by atoms with E-state index in [1.165, 1.54) is 0 Å². The Bertz CT molecular complexity index is 549. The number of aromatic nitrogens is 3. The van der Waals surface area contributed by atoms with Crippen LogP contribution in [0, 0.1) is 0 Å². The summed E-state index contributed by atoms with van der Waals surface area (Å²) in [6, 6.07) is 0. The van der Waals surface area contributed by atoms with Crippen molar-refractivity contribution in [3.05, 3.63) is 11.6 Å². The number of piperazine rings is 1.